The fraction of sp³-hybridized carbons (Fsp3) is 0.333. The second kappa shape index (κ2) is 8.31. The maximum absolute atomic E-state index is 14.4. The number of halogens is 1. The molecule has 0 spiro atoms. The van der Waals surface area contributed by atoms with Gasteiger partial charge in [-0.3, -0.25) is 4.98 Å². The number of carbonyl (C=O) groups is 1. The summed E-state index contributed by atoms with van der Waals surface area (Å²) in [6, 6.07) is 5.89. The summed E-state index contributed by atoms with van der Waals surface area (Å²) >= 11 is 0. The largest absolute Gasteiger partial charge is 0.465 e. The average Bonchev–Trinajstić information content (AvgIpc) is 2.66. The van der Waals surface area contributed by atoms with Gasteiger partial charge in [-0.15, -0.1) is 0 Å². The number of hydrogen-bond acceptors (Lipinski definition) is 6. The van der Waals surface area contributed by atoms with Crippen LogP contribution in [-0.4, -0.2) is 33.3 Å². The highest BCUT2D eigenvalue weighted by Gasteiger charge is 2.28. The van der Waals surface area contributed by atoms with E-state index in [2.05, 4.69) is 25.9 Å². The van der Waals surface area contributed by atoms with Gasteiger partial charge in [-0.1, -0.05) is 12.8 Å². The molecule has 0 bridgehead atoms. The molecule has 1 aliphatic carbocycles. The van der Waals surface area contributed by atoms with Crippen LogP contribution in [0.2, 0.25) is 0 Å². The maximum atomic E-state index is 14.4. The molecule has 0 aromatic carbocycles. The van der Waals surface area contributed by atoms with Crippen molar-refractivity contribution in [2.45, 2.75) is 37.8 Å². The van der Waals surface area contributed by atoms with Crippen molar-refractivity contribution in [3.05, 3.63) is 42.0 Å². The molecule has 9 heteroatoms. The van der Waals surface area contributed by atoms with E-state index >= 15 is 0 Å². The van der Waals surface area contributed by atoms with Crippen LogP contribution < -0.4 is 16.0 Å². The zero-order chi connectivity index (χ0) is 19.2. The third kappa shape index (κ3) is 4.61. The number of nitrogens with one attached hydrogen (secondary N) is 3. The molecule has 2 unspecified atom stereocenters. The van der Waals surface area contributed by atoms with Crippen LogP contribution in [0.5, 0.6) is 0 Å². The summed E-state index contributed by atoms with van der Waals surface area (Å²) in [6.07, 6.45) is 5.24. The molecule has 1 fully saturated rings. The number of anilines is 3. The maximum Gasteiger partial charge on any atom is 0.404 e. The first-order valence-corrected chi connectivity index (χ1v) is 8.60. The van der Waals surface area contributed by atoms with E-state index in [0.29, 0.717) is 18.5 Å². The predicted octanol–water partition coefficient (Wildman–Crippen LogP) is 3.22. The Morgan fingerprint density at radius 2 is 2.07 bits per heavy atom. The lowest BCUT2D eigenvalue weighted by Gasteiger charge is -2.32. The van der Waals surface area contributed by atoms with Crippen LogP contribution in [0.1, 0.15) is 31.2 Å². The summed E-state index contributed by atoms with van der Waals surface area (Å²) in [6.45, 7) is 0. The van der Waals surface area contributed by atoms with Crippen LogP contribution >= 0.6 is 0 Å². The van der Waals surface area contributed by atoms with Gasteiger partial charge in [0.05, 0.1) is 23.5 Å². The minimum Gasteiger partial charge on any atom is -0.465 e. The van der Waals surface area contributed by atoms with Crippen LogP contribution in [0.3, 0.4) is 0 Å². The highest BCUT2D eigenvalue weighted by molar-refractivity contribution is 5.66. The van der Waals surface area contributed by atoms with E-state index in [9.17, 15) is 14.4 Å². The minimum atomic E-state index is -1.11. The molecule has 1 saturated carbocycles. The van der Waals surface area contributed by atoms with Crippen LogP contribution in [0, 0.1) is 17.1 Å². The molecule has 2 aromatic rings. The molecule has 0 radical (unpaired) electrons. The fourth-order valence-electron chi connectivity index (χ4n) is 3.15. The van der Waals surface area contributed by atoms with Crippen molar-refractivity contribution in [3.63, 3.8) is 0 Å². The van der Waals surface area contributed by atoms with Gasteiger partial charge >= 0.3 is 6.09 Å². The van der Waals surface area contributed by atoms with Crippen molar-refractivity contribution in [2.24, 2.45) is 0 Å². The molecule has 4 N–H and O–H groups in total. The van der Waals surface area contributed by atoms with Gasteiger partial charge in [0.15, 0.2) is 17.5 Å². The van der Waals surface area contributed by atoms with Crippen LogP contribution in [-0.2, 0) is 0 Å². The van der Waals surface area contributed by atoms with Gasteiger partial charge in [0.25, 0.3) is 0 Å². The predicted molar refractivity (Wildman–Crippen MR) is 97.3 cm³/mol. The number of amides is 1. The number of hydrogen-bond donors (Lipinski definition) is 4. The lowest BCUT2D eigenvalue weighted by atomic mass is 9.90. The third-order valence-corrected chi connectivity index (χ3v) is 4.42. The molecule has 27 heavy (non-hydrogen) atoms. The van der Waals surface area contributed by atoms with Gasteiger partial charge in [0, 0.05) is 12.2 Å². The second-order valence-corrected chi connectivity index (χ2v) is 6.28. The molecule has 2 aromatic heterocycles. The molecule has 2 atom stereocenters. The van der Waals surface area contributed by atoms with Crippen molar-refractivity contribution in [2.75, 3.05) is 10.6 Å². The highest BCUT2D eigenvalue weighted by atomic mass is 19.1. The molecule has 1 amide bonds. The molecular weight excluding hydrogens is 351 g/mol. The standard InChI is InChI=1S/C18H19FN6O2/c19-13-8-11(9-20)16(22-12-4-3-7-21-10-12)25-17(13)23-14-5-1-2-6-15(14)24-18(26)27/h3-4,7-8,10,14-15,24H,1-2,5-6H2,(H,26,27)(H2,22,23,25). The van der Waals surface area contributed by atoms with E-state index in [4.69, 9.17) is 5.11 Å². The molecule has 1 aliphatic rings. The molecule has 0 saturated heterocycles. The number of nitrogens with zero attached hydrogens (tertiary/aromatic N) is 3. The topological polar surface area (TPSA) is 123 Å². The Labute approximate surface area is 155 Å². The Bertz CT molecular complexity index is 855. The van der Waals surface area contributed by atoms with E-state index in [1.54, 1.807) is 24.5 Å². The van der Waals surface area contributed by atoms with Crippen molar-refractivity contribution in [1.82, 2.24) is 15.3 Å². The van der Waals surface area contributed by atoms with Crippen molar-refractivity contribution in [3.8, 4) is 6.07 Å². The van der Waals surface area contributed by atoms with E-state index in [1.165, 1.54) is 0 Å². The summed E-state index contributed by atoms with van der Waals surface area (Å²) in [5.74, 6) is -0.486. The quantitative estimate of drug-likeness (QED) is 0.637. The van der Waals surface area contributed by atoms with Gasteiger partial charge in [-0.05, 0) is 31.0 Å². The Morgan fingerprint density at radius 3 is 2.74 bits per heavy atom. The van der Waals surface area contributed by atoms with Crippen LogP contribution in [0.25, 0.3) is 0 Å². The first-order valence-electron chi connectivity index (χ1n) is 8.60. The molecule has 2 heterocycles. The first kappa shape index (κ1) is 18.4. The molecule has 0 aliphatic heterocycles. The Kier molecular flexibility index (Phi) is 5.66. The van der Waals surface area contributed by atoms with E-state index in [1.807, 2.05) is 6.07 Å². The van der Waals surface area contributed by atoms with E-state index in [0.717, 1.165) is 18.9 Å². The van der Waals surface area contributed by atoms with Gasteiger partial charge in [0.1, 0.15) is 6.07 Å². The highest BCUT2D eigenvalue weighted by Crippen LogP contribution is 2.26. The Balaban J connectivity index is 1.85. The van der Waals surface area contributed by atoms with Crippen LogP contribution in [0.15, 0.2) is 30.6 Å². The zero-order valence-electron chi connectivity index (χ0n) is 14.4. The summed E-state index contributed by atoms with van der Waals surface area (Å²) in [5, 5.41) is 26.7. The fourth-order valence-corrected chi connectivity index (χ4v) is 3.15. The minimum absolute atomic E-state index is 0.0236. The lowest BCUT2D eigenvalue weighted by molar-refractivity contribution is 0.184. The monoisotopic (exact) mass is 370 g/mol. The lowest BCUT2D eigenvalue weighted by Crippen LogP contribution is -2.48. The van der Waals surface area contributed by atoms with E-state index < -0.39 is 11.9 Å². The third-order valence-electron chi connectivity index (χ3n) is 4.42. The van der Waals surface area contributed by atoms with Crippen molar-refractivity contribution >= 4 is 23.4 Å². The molecule has 8 nitrogen and oxygen atoms in total. The summed E-state index contributed by atoms with van der Waals surface area (Å²) < 4.78 is 14.4. The number of nitriles is 1. The zero-order valence-corrected chi connectivity index (χ0v) is 14.4. The second-order valence-electron chi connectivity index (χ2n) is 6.28. The Hall–Kier alpha value is -3.41. The van der Waals surface area contributed by atoms with Gasteiger partial charge in [-0.2, -0.15) is 5.26 Å². The van der Waals surface area contributed by atoms with Gasteiger partial charge < -0.3 is 21.1 Å². The smallest absolute Gasteiger partial charge is 0.404 e. The van der Waals surface area contributed by atoms with Crippen molar-refractivity contribution in [1.29, 1.82) is 5.26 Å². The number of carboxylic acid groups (broad SMARTS) is 1. The number of pyridine rings is 2. The van der Waals surface area contributed by atoms with Crippen LogP contribution in [0.4, 0.5) is 26.5 Å². The molecule has 3 rings (SSSR count). The number of rotatable bonds is 5. The SMILES string of the molecule is N#Cc1cc(F)c(NC2CCCCC2NC(=O)O)nc1Nc1cccnc1. The summed E-state index contributed by atoms with van der Waals surface area (Å²) in [4.78, 5) is 19.2. The van der Waals surface area contributed by atoms with Gasteiger partial charge in [0.2, 0.25) is 0 Å². The molecular formula is C18H19FN6O2. The summed E-state index contributed by atoms with van der Waals surface area (Å²) in [7, 11) is 0. The van der Waals surface area contributed by atoms with E-state index in [-0.39, 0.29) is 29.3 Å². The summed E-state index contributed by atoms with van der Waals surface area (Å²) in [5.41, 5.74) is 0.674. The number of aromatic nitrogens is 2. The average molecular weight is 370 g/mol. The van der Waals surface area contributed by atoms with Crippen molar-refractivity contribution < 1.29 is 14.3 Å². The normalized spacial score (nSPS) is 19.0. The first-order chi connectivity index (χ1) is 13.1. The molecule has 140 valence electrons. The van der Waals surface area contributed by atoms with Gasteiger partial charge in [-0.25, -0.2) is 14.2 Å². The Morgan fingerprint density at radius 1 is 1.30 bits per heavy atom.